The van der Waals surface area contributed by atoms with Crippen molar-refractivity contribution in [2.24, 2.45) is 4.99 Å². The third kappa shape index (κ3) is 4.92. The van der Waals surface area contributed by atoms with Crippen molar-refractivity contribution in [2.45, 2.75) is 19.4 Å². The van der Waals surface area contributed by atoms with Crippen LogP contribution in [0.25, 0.3) is 0 Å². The van der Waals surface area contributed by atoms with E-state index in [1.807, 2.05) is 13.1 Å². The first kappa shape index (κ1) is 18.1. The molecule has 5 heteroatoms. The molecule has 0 spiro atoms. The minimum atomic E-state index is 0.265. The number of benzene rings is 2. The summed E-state index contributed by atoms with van der Waals surface area (Å²) in [5.74, 6) is 1.06. The summed E-state index contributed by atoms with van der Waals surface area (Å²) in [5.41, 5.74) is 2.58. The summed E-state index contributed by atoms with van der Waals surface area (Å²) < 4.78 is 0. The number of nitrogens with one attached hydrogen (secondary N) is 2. The summed E-state index contributed by atoms with van der Waals surface area (Å²) in [5, 5.41) is 7.91. The van der Waals surface area contributed by atoms with Crippen molar-refractivity contribution in [1.82, 2.24) is 15.6 Å². The van der Waals surface area contributed by atoms with Gasteiger partial charge in [0.15, 0.2) is 5.96 Å². The van der Waals surface area contributed by atoms with E-state index in [0.717, 1.165) is 24.1 Å². The average Bonchev–Trinajstić information content (AvgIpc) is 3.11. The number of hydrogen-bond acceptors (Lipinski definition) is 3. The van der Waals surface area contributed by atoms with Crippen molar-refractivity contribution in [3.05, 3.63) is 87.9 Å². The molecule has 134 valence electrons. The number of guanidine groups is 1. The Balaban J connectivity index is 1.66. The van der Waals surface area contributed by atoms with Gasteiger partial charge >= 0.3 is 0 Å². The topological polar surface area (TPSA) is 49.3 Å². The molecule has 0 aliphatic carbocycles. The molecule has 26 heavy (non-hydrogen) atoms. The SMILES string of the molecule is CN=C(NCc1cnc(C)s1)NCC(c1ccccc1)c1ccccc1. The van der Waals surface area contributed by atoms with Gasteiger partial charge in [0.05, 0.1) is 11.6 Å². The van der Waals surface area contributed by atoms with Crippen LogP contribution in [0.15, 0.2) is 71.9 Å². The minimum Gasteiger partial charge on any atom is -0.355 e. The standard InChI is InChI=1S/C21H24N4S/c1-16-23-13-19(26-16)14-24-21(22-2)25-15-20(17-9-5-3-6-10-17)18-11-7-4-8-12-18/h3-13,20H,14-15H2,1-2H3,(H2,22,24,25). The van der Waals surface area contributed by atoms with E-state index in [-0.39, 0.29) is 5.92 Å². The molecule has 3 rings (SSSR count). The molecule has 3 aromatic rings. The van der Waals surface area contributed by atoms with Crippen LogP contribution < -0.4 is 10.6 Å². The summed E-state index contributed by atoms with van der Waals surface area (Å²) in [7, 11) is 1.80. The predicted molar refractivity (Wildman–Crippen MR) is 110 cm³/mol. The molecule has 1 heterocycles. The molecule has 0 aliphatic heterocycles. The van der Waals surface area contributed by atoms with Crippen molar-refractivity contribution in [1.29, 1.82) is 0 Å². The number of thiazole rings is 1. The van der Waals surface area contributed by atoms with Gasteiger partial charge in [0.2, 0.25) is 0 Å². The van der Waals surface area contributed by atoms with E-state index >= 15 is 0 Å². The van der Waals surface area contributed by atoms with Gasteiger partial charge in [-0.3, -0.25) is 4.99 Å². The molecule has 4 nitrogen and oxygen atoms in total. The summed E-state index contributed by atoms with van der Waals surface area (Å²) in [6, 6.07) is 21.2. The number of nitrogens with zero attached hydrogens (tertiary/aromatic N) is 2. The van der Waals surface area contributed by atoms with Gasteiger partial charge in [0, 0.05) is 30.6 Å². The van der Waals surface area contributed by atoms with E-state index in [9.17, 15) is 0 Å². The maximum absolute atomic E-state index is 4.35. The van der Waals surface area contributed by atoms with Gasteiger partial charge in [-0.25, -0.2) is 4.98 Å². The maximum Gasteiger partial charge on any atom is 0.191 e. The van der Waals surface area contributed by atoms with Gasteiger partial charge < -0.3 is 10.6 Å². The van der Waals surface area contributed by atoms with Gasteiger partial charge in [0.1, 0.15) is 0 Å². The molecule has 1 aromatic heterocycles. The Kier molecular flexibility index (Phi) is 6.39. The van der Waals surface area contributed by atoms with Crippen LogP contribution in [0.3, 0.4) is 0 Å². The highest BCUT2D eigenvalue weighted by Crippen LogP contribution is 2.23. The number of hydrogen-bond donors (Lipinski definition) is 2. The smallest absolute Gasteiger partial charge is 0.191 e. The van der Waals surface area contributed by atoms with Gasteiger partial charge in [-0.05, 0) is 18.1 Å². The summed E-state index contributed by atoms with van der Waals surface area (Å²) in [4.78, 5) is 9.84. The fourth-order valence-electron chi connectivity index (χ4n) is 2.88. The molecule has 2 N–H and O–H groups in total. The average molecular weight is 365 g/mol. The zero-order valence-corrected chi connectivity index (χ0v) is 16.0. The maximum atomic E-state index is 4.35. The molecule has 0 saturated carbocycles. The lowest BCUT2D eigenvalue weighted by molar-refractivity contribution is 0.729. The van der Waals surface area contributed by atoms with E-state index in [0.29, 0.717) is 0 Å². The molecule has 0 bridgehead atoms. The Morgan fingerprint density at radius 1 is 1.00 bits per heavy atom. The van der Waals surface area contributed by atoms with Crippen molar-refractivity contribution >= 4 is 17.3 Å². The monoisotopic (exact) mass is 364 g/mol. The highest BCUT2D eigenvalue weighted by atomic mass is 32.1. The number of rotatable bonds is 6. The van der Waals surface area contributed by atoms with Crippen molar-refractivity contribution in [2.75, 3.05) is 13.6 Å². The minimum absolute atomic E-state index is 0.265. The van der Waals surface area contributed by atoms with E-state index in [1.165, 1.54) is 16.0 Å². The van der Waals surface area contributed by atoms with E-state index in [4.69, 9.17) is 0 Å². The van der Waals surface area contributed by atoms with Crippen LogP contribution >= 0.6 is 11.3 Å². The summed E-state index contributed by atoms with van der Waals surface area (Å²) >= 11 is 1.70. The zero-order valence-electron chi connectivity index (χ0n) is 15.1. The van der Waals surface area contributed by atoms with Crippen LogP contribution in [0.2, 0.25) is 0 Å². The molecule has 0 amide bonds. The quantitative estimate of drug-likeness (QED) is 0.514. The van der Waals surface area contributed by atoms with Gasteiger partial charge in [-0.15, -0.1) is 11.3 Å². The first-order valence-electron chi connectivity index (χ1n) is 8.72. The Morgan fingerprint density at radius 3 is 2.12 bits per heavy atom. The van der Waals surface area contributed by atoms with Crippen LogP contribution in [0.4, 0.5) is 0 Å². The van der Waals surface area contributed by atoms with Gasteiger partial charge in [-0.2, -0.15) is 0 Å². The first-order chi connectivity index (χ1) is 12.8. The van der Waals surface area contributed by atoms with Gasteiger partial charge in [-0.1, -0.05) is 60.7 Å². The van der Waals surface area contributed by atoms with Gasteiger partial charge in [0.25, 0.3) is 0 Å². The lowest BCUT2D eigenvalue weighted by atomic mass is 9.91. The molecular weight excluding hydrogens is 340 g/mol. The Morgan fingerprint density at radius 2 is 1.62 bits per heavy atom. The zero-order chi connectivity index (χ0) is 18.2. The van der Waals surface area contributed by atoms with Crippen LogP contribution in [-0.4, -0.2) is 24.5 Å². The highest BCUT2D eigenvalue weighted by Gasteiger charge is 2.14. The van der Waals surface area contributed by atoms with E-state index in [1.54, 1.807) is 18.4 Å². The Bertz CT molecular complexity index is 788. The number of aliphatic imine (C=N–C) groups is 1. The van der Waals surface area contributed by atoms with Crippen molar-refractivity contribution in [3.63, 3.8) is 0 Å². The first-order valence-corrected chi connectivity index (χ1v) is 9.53. The van der Waals surface area contributed by atoms with Crippen LogP contribution in [0.1, 0.15) is 26.9 Å². The number of aromatic nitrogens is 1. The molecule has 0 saturated heterocycles. The molecule has 0 aliphatic rings. The Hall–Kier alpha value is -2.66. The largest absolute Gasteiger partial charge is 0.355 e. The predicted octanol–water partition coefficient (Wildman–Crippen LogP) is 3.95. The Labute approximate surface area is 159 Å². The third-order valence-electron chi connectivity index (χ3n) is 4.20. The molecule has 2 aromatic carbocycles. The lowest BCUT2D eigenvalue weighted by Crippen LogP contribution is -2.39. The number of aryl methyl sites for hydroxylation is 1. The second-order valence-electron chi connectivity index (χ2n) is 6.03. The van der Waals surface area contributed by atoms with Crippen LogP contribution in [0, 0.1) is 6.92 Å². The van der Waals surface area contributed by atoms with Crippen LogP contribution in [0.5, 0.6) is 0 Å². The third-order valence-corrected chi connectivity index (χ3v) is 5.11. The highest BCUT2D eigenvalue weighted by molar-refractivity contribution is 7.11. The van der Waals surface area contributed by atoms with Crippen LogP contribution in [-0.2, 0) is 6.54 Å². The summed E-state index contributed by atoms with van der Waals surface area (Å²) in [6.07, 6.45) is 1.91. The molecular formula is C21H24N4S. The fraction of sp³-hybridized carbons (Fsp3) is 0.238. The second kappa shape index (κ2) is 9.15. The molecule has 0 radical (unpaired) electrons. The summed E-state index contributed by atoms with van der Waals surface area (Å²) in [6.45, 7) is 3.52. The lowest BCUT2D eigenvalue weighted by Gasteiger charge is -2.20. The van der Waals surface area contributed by atoms with E-state index in [2.05, 4.69) is 81.3 Å². The molecule has 0 unspecified atom stereocenters. The molecule has 0 fully saturated rings. The fourth-order valence-corrected chi connectivity index (χ4v) is 3.61. The van der Waals surface area contributed by atoms with Crippen molar-refractivity contribution < 1.29 is 0 Å². The molecule has 0 atom stereocenters. The van der Waals surface area contributed by atoms with Crippen molar-refractivity contribution in [3.8, 4) is 0 Å². The van der Waals surface area contributed by atoms with E-state index < -0.39 is 0 Å². The normalized spacial score (nSPS) is 11.6. The second-order valence-corrected chi connectivity index (χ2v) is 7.35.